The Balaban J connectivity index is 1.50. The summed E-state index contributed by atoms with van der Waals surface area (Å²) >= 11 is 1.79. The van der Waals surface area contributed by atoms with Gasteiger partial charge < -0.3 is 20.3 Å². The minimum absolute atomic E-state index is 0.144. The first-order valence-electron chi connectivity index (χ1n) is 12.8. The van der Waals surface area contributed by atoms with E-state index in [1.807, 2.05) is 24.3 Å². The molecule has 1 amide bonds. The fourth-order valence-corrected chi connectivity index (χ4v) is 6.13. The summed E-state index contributed by atoms with van der Waals surface area (Å²) in [7, 11) is 2.08. The fraction of sp³-hybridized carbons (Fsp3) is 0.393. The molecule has 1 saturated heterocycles. The number of rotatable bonds is 9. The van der Waals surface area contributed by atoms with Gasteiger partial charge in [0.2, 0.25) is 5.91 Å². The third-order valence-corrected chi connectivity index (χ3v) is 8.25. The summed E-state index contributed by atoms with van der Waals surface area (Å²) in [6.45, 7) is 5.72. The SMILES string of the molecule is C=CC(=O)NCCNc1nc(OC[C@@H]2CCCN2C)nc2c(F)c(-c3cccc4c3SCCC4)ccc12. The van der Waals surface area contributed by atoms with Gasteiger partial charge in [-0.15, -0.1) is 11.8 Å². The number of anilines is 1. The second kappa shape index (κ2) is 11.5. The van der Waals surface area contributed by atoms with Gasteiger partial charge in [0.1, 0.15) is 17.9 Å². The Labute approximate surface area is 220 Å². The highest BCUT2D eigenvalue weighted by Crippen LogP contribution is 2.41. The maximum Gasteiger partial charge on any atom is 0.319 e. The maximum atomic E-state index is 16.2. The first kappa shape index (κ1) is 25.5. The van der Waals surface area contributed by atoms with Gasteiger partial charge >= 0.3 is 6.01 Å². The van der Waals surface area contributed by atoms with E-state index in [9.17, 15) is 4.79 Å². The van der Waals surface area contributed by atoms with Crippen molar-refractivity contribution in [3.05, 3.63) is 54.4 Å². The number of carbonyl (C=O) groups excluding carboxylic acids is 1. The highest BCUT2D eigenvalue weighted by molar-refractivity contribution is 7.99. The molecule has 3 aromatic rings. The van der Waals surface area contributed by atoms with E-state index in [0.717, 1.165) is 48.4 Å². The highest BCUT2D eigenvalue weighted by Gasteiger charge is 2.23. The first-order chi connectivity index (χ1) is 18.0. The molecule has 2 aromatic carbocycles. The van der Waals surface area contributed by atoms with E-state index in [4.69, 9.17) is 4.74 Å². The van der Waals surface area contributed by atoms with Crippen LogP contribution in [0.15, 0.2) is 47.9 Å². The Morgan fingerprint density at radius 3 is 2.95 bits per heavy atom. The molecule has 0 radical (unpaired) electrons. The molecule has 0 bridgehead atoms. The summed E-state index contributed by atoms with van der Waals surface area (Å²) in [4.78, 5) is 24.0. The smallest absolute Gasteiger partial charge is 0.319 e. The van der Waals surface area contributed by atoms with Gasteiger partial charge in [-0.3, -0.25) is 4.79 Å². The number of nitrogens with one attached hydrogen (secondary N) is 2. The summed E-state index contributed by atoms with van der Waals surface area (Å²) in [6, 6.07) is 10.2. The van der Waals surface area contributed by atoms with Crippen LogP contribution in [0.5, 0.6) is 6.01 Å². The average molecular weight is 522 g/mol. The van der Waals surface area contributed by atoms with E-state index in [1.54, 1.807) is 11.8 Å². The molecule has 7 nitrogen and oxygen atoms in total. The van der Waals surface area contributed by atoms with Gasteiger partial charge in [0, 0.05) is 35.0 Å². The highest BCUT2D eigenvalue weighted by atomic mass is 32.2. The average Bonchev–Trinajstić information content (AvgIpc) is 3.34. The Bertz CT molecular complexity index is 1320. The number of nitrogens with zero attached hydrogens (tertiary/aromatic N) is 3. The molecule has 3 heterocycles. The van der Waals surface area contributed by atoms with Crippen LogP contribution in [0.25, 0.3) is 22.0 Å². The molecule has 0 aliphatic carbocycles. The molecule has 1 aromatic heterocycles. The summed E-state index contributed by atoms with van der Waals surface area (Å²) < 4.78 is 22.2. The Morgan fingerprint density at radius 2 is 2.14 bits per heavy atom. The minimum Gasteiger partial charge on any atom is -0.462 e. The summed E-state index contributed by atoms with van der Waals surface area (Å²) in [5.41, 5.74) is 2.92. The van der Waals surface area contributed by atoms with Crippen molar-refractivity contribution in [2.45, 2.75) is 36.6 Å². The van der Waals surface area contributed by atoms with Crippen LogP contribution in [0, 0.1) is 5.82 Å². The lowest BCUT2D eigenvalue weighted by Crippen LogP contribution is -2.31. The standard InChI is InChI=1S/C28H32FN5O2S/c1-3-23(35)30-13-14-31-27-22-12-11-20(21-10-4-7-18-8-6-16-37-26(18)21)24(29)25(22)32-28(33-27)36-17-19-9-5-15-34(19)2/h3-4,7,10-12,19H,1,5-6,8-9,13-17H2,2H3,(H,30,35)(H,31,32,33)/t19-/m0/s1. The summed E-state index contributed by atoms with van der Waals surface area (Å²) in [6.07, 6.45) is 5.55. The molecule has 9 heteroatoms. The van der Waals surface area contributed by atoms with Gasteiger partial charge in [-0.25, -0.2) is 4.39 Å². The molecule has 0 saturated carbocycles. The van der Waals surface area contributed by atoms with Crippen molar-refractivity contribution in [2.24, 2.45) is 0 Å². The van der Waals surface area contributed by atoms with Gasteiger partial charge in [-0.1, -0.05) is 30.8 Å². The summed E-state index contributed by atoms with van der Waals surface area (Å²) in [5, 5.41) is 6.52. The maximum absolute atomic E-state index is 16.2. The predicted octanol–water partition coefficient (Wildman–Crippen LogP) is 4.66. The molecule has 1 atom stereocenters. The molecule has 0 spiro atoms. The number of benzene rings is 2. The van der Waals surface area contributed by atoms with Crippen molar-refractivity contribution >= 4 is 34.4 Å². The van der Waals surface area contributed by atoms with E-state index in [1.165, 1.54) is 11.6 Å². The zero-order valence-corrected chi connectivity index (χ0v) is 21.9. The molecule has 5 rings (SSSR count). The predicted molar refractivity (Wildman–Crippen MR) is 147 cm³/mol. The van der Waals surface area contributed by atoms with Crippen molar-refractivity contribution < 1.29 is 13.9 Å². The number of amides is 1. The third kappa shape index (κ3) is 5.57. The van der Waals surface area contributed by atoms with E-state index in [-0.39, 0.29) is 29.3 Å². The number of aromatic nitrogens is 2. The van der Waals surface area contributed by atoms with Gasteiger partial charge in [0.15, 0.2) is 5.82 Å². The van der Waals surface area contributed by atoms with Crippen LogP contribution >= 0.6 is 11.8 Å². The van der Waals surface area contributed by atoms with E-state index in [2.05, 4.69) is 45.2 Å². The van der Waals surface area contributed by atoms with Crippen LogP contribution in [-0.2, 0) is 11.2 Å². The Hall–Kier alpha value is -3.17. The van der Waals surface area contributed by atoms with Crippen LogP contribution < -0.4 is 15.4 Å². The lowest BCUT2D eigenvalue weighted by Gasteiger charge is -2.20. The molecule has 2 N–H and O–H groups in total. The van der Waals surface area contributed by atoms with E-state index >= 15 is 4.39 Å². The van der Waals surface area contributed by atoms with Crippen molar-refractivity contribution in [3.8, 4) is 17.1 Å². The van der Waals surface area contributed by atoms with Crippen molar-refractivity contribution in [3.63, 3.8) is 0 Å². The first-order valence-corrected chi connectivity index (χ1v) is 13.8. The number of aryl methyl sites for hydroxylation is 1. The van der Waals surface area contributed by atoms with Crippen LogP contribution in [0.3, 0.4) is 0 Å². The van der Waals surface area contributed by atoms with Gasteiger partial charge in [-0.2, -0.15) is 9.97 Å². The lowest BCUT2D eigenvalue weighted by atomic mass is 9.98. The number of hydrogen-bond donors (Lipinski definition) is 2. The molecule has 2 aliphatic rings. The normalized spacial score (nSPS) is 17.4. The van der Waals surface area contributed by atoms with Crippen LogP contribution in [0.1, 0.15) is 24.8 Å². The number of halogens is 1. The number of thioether (sulfide) groups is 1. The summed E-state index contributed by atoms with van der Waals surface area (Å²) in [5.74, 6) is 0.873. The van der Waals surface area contributed by atoms with Gasteiger partial charge in [0.05, 0.1) is 0 Å². The number of hydrogen-bond acceptors (Lipinski definition) is 7. The fourth-order valence-electron chi connectivity index (χ4n) is 4.95. The second-order valence-electron chi connectivity index (χ2n) is 9.43. The third-order valence-electron chi connectivity index (χ3n) is 6.99. The number of carbonyl (C=O) groups is 1. The number of fused-ring (bicyclic) bond motifs is 2. The number of likely N-dealkylation sites (tertiary alicyclic amines) is 1. The Morgan fingerprint density at radius 1 is 1.24 bits per heavy atom. The molecular formula is C28H32FN5O2S. The Kier molecular flexibility index (Phi) is 7.90. The monoisotopic (exact) mass is 521 g/mol. The van der Waals surface area contributed by atoms with Crippen molar-refractivity contribution in [2.75, 3.05) is 44.4 Å². The molecule has 37 heavy (non-hydrogen) atoms. The minimum atomic E-state index is -0.384. The zero-order valence-electron chi connectivity index (χ0n) is 21.1. The van der Waals surface area contributed by atoms with Crippen molar-refractivity contribution in [1.29, 1.82) is 0 Å². The lowest BCUT2D eigenvalue weighted by molar-refractivity contribution is -0.116. The molecular weight excluding hydrogens is 489 g/mol. The molecule has 194 valence electrons. The zero-order chi connectivity index (χ0) is 25.8. The molecule has 1 fully saturated rings. The topological polar surface area (TPSA) is 79.4 Å². The van der Waals surface area contributed by atoms with Crippen LogP contribution in [0.2, 0.25) is 0 Å². The van der Waals surface area contributed by atoms with Gasteiger partial charge in [-0.05, 0) is 68.3 Å². The molecule has 0 unspecified atom stereocenters. The number of likely N-dealkylation sites (N-methyl/N-ethyl adjacent to an activating group) is 1. The van der Waals surface area contributed by atoms with Crippen LogP contribution in [-0.4, -0.2) is 65.9 Å². The molecule has 2 aliphatic heterocycles. The number of ether oxygens (including phenoxy) is 1. The van der Waals surface area contributed by atoms with E-state index in [0.29, 0.717) is 36.5 Å². The van der Waals surface area contributed by atoms with Gasteiger partial charge in [0.25, 0.3) is 0 Å². The quantitative estimate of drug-likeness (QED) is 0.313. The largest absolute Gasteiger partial charge is 0.462 e. The van der Waals surface area contributed by atoms with E-state index < -0.39 is 0 Å². The van der Waals surface area contributed by atoms with Crippen molar-refractivity contribution in [1.82, 2.24) is 20.2 Å². The van der Waals surface area contributed by atoms with Crippen LogP contribution in [0.4, 0.5) is 10.2 Å². The second-order valence-corrected chi connectivity index (χ2v) is 10.5.